The van der Waals surface area contributed by atoms with E-state index in [1.165, 1.54) is 6.26 Å². The highest BCUT2D eigenvalue weighted by molar-refractivity contribution is 8.00. The summed E-state index contributed by atoms with van der Waals surface area (Å²) in [5, 5.41) is 10.9. The highest BCUT2D eigenvalue weighted by Gasteiger charge is 2.28. The van der Waals surface area contributed by atoms with E-state index in [1.807, 2.05) is 11.8 Å². The predicted molar refractivity (Wildman–Crippen MR) is 101 cm³/mol. The van der Waals surface area contributed by atoms with E-state index in [0.29, 0.717) is 22.7 Å². The van der Waals surface area contributed by atoms with E-state index in [0.717, 1.165) is 24.4 Å². The normalized spacial score (nSPS) is 27.1. The van der Waals surface area contributed by atoms with Crippen molar-refractivity contribution in [2.75, 3.05) is 38.8 Å². The smallest absolute Gasteiger partial charge is 0.205 e. The molecule has 0 radical (unpaired) electrons. The number of ether oxygens (including phenoxy) is 1. The lowest BCUT2D eigenvalue weighted by Gasteiger charge is -2.31. The van der Waals surface area contributed by atoms with E-state index in [2.05, 4.69) is 20.9 Å². The molecule has 0 amide bonds. The molecule has 9 heteroatoms. The van der Waals surface area contributed by atoms with Crippen LogP contribution in [-0.4, -0.2) is 64.6 Å². The molecule has 1 aromatic carbocycles. The zero-order chi connectivity index (χ0) is 17.9. The Morgan fingerprint density at radius 3 is 2.72 bits per heavy atom. The summed E-state index contributed by atoms with van der Waals surface area (Å²) in [6.45, 7) is 2.51. The van der Waals surface area contributed by atoms with Crippen molar-refractivity contribution in [2.45, 2.75) is 22.5 Å². The van der Waals surface area contributed by atoms with Gasteiger partial charge in [0, 0.05) is 25.1 Å². The molecular weight excluding hydrogens is 360 g/mol. The SMILES string of the molecule is COC1=NCC(NCC2NCCS2)NC1c1ccc(S(C)(=O)=O)cc1. The van der Waals surface area contributed by atoms with Crippen molar-refractivity contribution in [3.8, 4) is 0 Å². The maximum Gasteiger partial charge on any atom is 0.205 e. The highest BCUT2D eigenvalue weighted by Crippen LogP contribution is 2.21. The number of aliphatic imine (C=N–C) groups is 1. The van der Waals surface area contributed by atoms with Gasteiger partial charge in [-0.15, -0.1) is 11.8 Å². The van der Waals surface area contributed by atoms with Crippen LogP contribution in [0.25, 0.3) is 0 Å². The van der Waals surface area contributed by atoms with E-state index in [-0.39, 0.29) is 12.2 Å². The number of benzene rings is 1. The first-order valence-corrected chi connectivity index (χ1v) is 11.1. The maximum absolute atomic E-state index is 11.6. The van der Waals surface area contributed by atoms with E-state index >= 15 is 0 Å². The molecule has 2 aliphatic rings. The number of sulfone groups is 1. The first-order valence-electron chi connectivity index (χ1n) is 8.20. The van der Waals surface area contributed by atoms with Crippen LogP contribution < -0.4 is 16.0 Å². The van der Waals surface area contributed by atoms with Gasteiger partial charge in [-0.25, -0.2) is 8.42 Å². The second-order valence-electron chi connectivity index (χ2n) is 6.10. The first-order chi connectivity index (χ1) is 12.0. The molecule has 0 saturated carbocycles. The lowest BCUT2D eigenvalue weighted by molar-refractivity contribution is 0.319. The van der Waals surface area contributed by atoms with E-state index in [1.54, 1.807) is 31.4 Å². The van der Waals surface area contributed by atoms with Gasteiger partial charge in [-0.1, -0.05) is 12.1 Å². The minimum absolute atomic E-state index is 0.0430. The van der Waals surface area contributed by atoms with Crippen LogP contribution in [-0.2, 0) is 14.6 Å². The molecule has 1 fully saturated rings. The molecule has 3 N–H and O–H groups in total. The molecule has 138 valence electrons. The predicted octanol–water partition coefficient (Wildman–Crippen LogP) is 0.358. The lowest BCUT2D eigenvalue weighted by atomic mass is 10.1. The molecule has 0 aliphatic carbocycles. The molecular formula is C16H24N4O3S2. The van der Waals surface area contributed by atoms with Crippen LogP contribution in [0.15, 0.2) is 34.2 Å². The van der Waals surface area contributed by atoms with Crippen LogP contribution in [0.3, 0.4) is 0 Å². The van der Waals surface area contributed by atoms with Crippen molar-refractivity contribution in [1.82, 2.24) is 16.0 Å². The minimum atomic E-state index is -3.20. The van der Waals surface area contributed by atoms with Gasteiger partial charge in [-0.05, 0) is 17.7 Å². The third-order valence-corrected chi connectivity index (χ3v) is 6.54. The van der Waals surface area contributed by atoms with Crippen LogP contribution >= 0.6 is 11.8 Å². The number of nitrogens with zero attached hydrogens (tertiary/aromatic N) is 1. The molecule has 0 bridgehead atoms. The summed E-state index contributed by atoms with van der Waals surface area (Å²) >= 11 is 1.92. The van der Waals surface area contributed by atoms with E-state index in [4.69, 9.17) is 4.74 Å². The summed E-state index contributed by atoms with van der Waals surface area (Å²) < 4.78 is 28.7. The van der Waals surface area contributed by atoms with Gasteiger partial charge in [-0.3, -0.25) is 15.6 Å². The number of hydrogen-bond acceptors (Lipinski definition) is 8. The Labute approximate surface area is 152 Å². The zero-order valence-electron chi connectivity index (χ0n) is 14.4. The van der Waals surface area contributed by atoms with Crippen LogP contribution in [0.2, 0.25) is 0 Å². The van der Waals surface area contributed by atoms with Gasteiger partial charge in [0.1, 0.15) is 6.04 Å². The molecule has 3 rings (SSSR count). The molecule has 0 aromatic heterocycles. The van der Waals surface area contributed by atoms with E-state index < -0.39 is 9.84 Å². The second-order valence-corrected chi connectivity index (χ2v) is 9.42. The molecule has 2 heterocycles. The molecule has 1 aromatic rings. The summed E-state index contributed by atoms with van der Waals surface area (Å²) in [6, 6.07) is 6.65. The Morgan fingerprint density at radius 2 is 2.12 bits per heavy atom. The third kappa shape index (κ3) is 4.73. The summed E-state index contributed by atoms with van der Waals surface area (Å²) in [7, 11) is -1.60. The quantitative estimate of drug-likeness (QED) is 0.675. The molecule has 0 spiro atoms. The Balaban J connectivity index is 1.69. The van der Waals surface area contributed by atoms with Gasteiger partial charge in [-0.2, -0.15) is 0 Å². The largest absolute Gasteiger partial charge is 0.483 e. The fraction of sp³-hybridized carbons (Fsp3) is 0.562. The fourth-order valence-corrected chi connectivity index (χ4v) is 4.51. The third-order valence-electron chi connectivity index (χ3n) is 4.24. The number of nitrogens with one attached hydrogen (secondary N) is 3. The van der Waals surface area contributed by atoms with Crippen molar-refractivity contribution in [2.24, 2.45) is 4.99 Å². The Bertz CT molecular complexity index is 715. The van der Waals surface area contributed by atoms with Crippen LogP contribution in [0.5, 0.6) is 0 Å². The summed E-state index contributed by atoms with van der Waals surface area (Å²) in [6.07, 6.45) is 1.25. The maximum atomic E-state index is 11.6. The molecule has 7 nitrogen and oxygen atoms in total. The number of thioether (sulfide) groups is 1. The first kappa shape index (κ1) is 18.7. The average Bonchev–Trinajstić information content (AvgIpc) is 3.12. The second kappa shape index (κ2) is 8.05. The average molecular weight is 385 g/mol. The zero-order valence-corrected chi connectivity index (χ0v) is 16.0. The van der Waals surface area contributed by atoms with Crippen molar-refractivity contribution >= 4 is 27.5 Å². The Morgan fingerprint density at radius 1 is 1.36 bits per heavy atom. The molecule has 2 aliphatic heterocycles. The van der Waals surface area contributed by atoms with Gasteiger partial charge in [0.15, 0.2) is 9.84 Å². The molecule has 3 atom stereocenters. The fourth-order valence-electron chi connectivity index (χ4n) is 2.91. The van der Waals surface area contributed by atoms with Gasteiger partial charge >= 0.3 is 0 Å². The Kier molecular flexibility index (Phi) is 6.00. The van der Waals surface area contributed by atoms with Gasteiger partial charge < -0.3 is 10.1 Å². The van der Waals surface area contributed by atoms with Crippen LogP contribution in [0, 0.1) is 0 Å². The minimum Gasteiger partial charge on any atom is -0.483 e. The summed E-state index contributed by atoms with van der Waals surface area (Å²) in [4.78, 5) is 4.83. The number of rotatable bonds is 5. The topological polar surface area (TPSA) is 91.8 Å². The van der Waals surface area contributed by atoms with Crippen molar-refractivity contribution in [3.05, 3.63) is 29.8 Å². The van der Waals surface area contributed by atoms with Gasteiger partial charge in [0.05, 0.1) is 30.1 Å². The molecule has 25 heavy (non-hydrogen) atoms. The van der Waals surface area contributed by atoms with Crippen molar-refractivity contribution < 1.29 is 13.2 Å². The Hall–Kier alpha value is -1.13. The molecule has 1 saturated heterocycles. The van der Waals surface area contributed by atoms with Crippen molar-refractivity contribution in [3.63, 3.8) is 0 Å². The van der Waals surface area contributed by atoms with E-state index in [9.17, 15) is 8.42 Å². The van der Waals surface area contributed by atoms with Gasteiger partial charge in [0.2, 0.25) is 5.90 Å². The summed E-state index contributed by atoms with van der Waals surface area (Å²) in [5.74, 6) is 1.75. The standard InChI is InChI=1S/C16H24N4O3S2/c1-23-16-15(11-3-5-12(6-4-11)25(2,21)22)20-13(9-19-16)18-10-14-17-7-8-24-14/h3-6,13-15,17-18,20H,7-10H2,1-2H3. The monoisotopic (exact) mass is 384 g/mol. The van der Waals surface area contributed by atoms with Gasteiger partial charge in [0.25, 0.3) is 0 Å². The highest BCUT2D eigenvalue weighted by atomic mass is 32.2. The number of methoxy groups -OCH3 is 1. The summed E-state index contributed by atoms with van der Waals surface area (Å²) in [5.41, 5.74) is 0.924. The van der Waals surface area contributed by atoms with Crippen LogP contribution in [0.1, 0.15) is 11.6 Å². The van der Waals surface area contributed by atoms with Crippen LogP contribution in [0.4, 0.5) is 0 Å². The number of hydrogen-bond donors (Lipinski definition) is 3. The molecule has 3 unspecified atom stereocenters. The van der Waals surface area contributed by atoms with Crippen molar-refractivity contribution in [1.29, 1.82) is 0 Å². The lowest BCUT2D eigenvalue weighted by Crippen LogP contribution is -2.53.